The van der Waals surface area contributed by atoms with Crippen LogP contribution in [-0.2, 0) is 0 Å². The Kier molecular flexibility index (Phi) is 6.49. The van der Waals surface area contributed by atoms with Crippen molar-refractivity contribution in [1.29, 1.82) is 0 Å². The van der Waals surface area contributed by atoms with Crippen molar-refractivity contribution in [1.82, 2.24) is 5.32 Å². The number of amides is 1. The first-order valence-electron chi connectivity index (χ1n) is 6.91. The minimum atomic E-state index is -0.515. The van der Waals surface area contributed by atoms with E-state index >= 15 is 0 Å². The highest BCUT2D eigenvalue weighted by Crippen LogP contribution is 2.28. The maximum Gasteiger partial charge on any atom is 0.305 e. The predicted octanol–water partition coefficient (Wildman–Crippen LogP) is 2.95. The van der Waals surface area contributed by atoms with Crippen LogP contribution in [0.4, 0.5) is 11.4 Å². The van der Waals surface area contributed by atoms with Crippen molar-refractivity contribution in [2.24, 2.45) is 0 Å². The van der Waals surface area contributed by atoms with Crippen LogP contribution < -0.4 is 10.6 Å². The second kappa shape index (κ2) is 8.14. The summed E-state index contributed by atoms with van der Waals surface area (Å²) in [4.78, 5) is 22.7. The van der Waals surface area contributed by atoms with E-state index in [0.717, 1.165) is 19.3 Å². The Morgan fingerprint density at radius 3 is 2.65 bits per heavy atom. The Balaban J connectivity index is 2.90. The number of carbonyl (C=O) groups excluding carboxylic acids is 1. The van der Waals surface area contributed by atoms with Crippen LogP contribution >= 0.6 is 0 Å². The normalized spacial score (nSPS) is 10.1. The first kappa shape index (κ1) is 15.9. The van der Waals surface area contributed by atoms with Gasteiger partial charge in [0, 0.05) is 13.1 Å². The third-order valence-electron chi connectivity index (χ3n) is 2.90. The minimum Gasteiger partial charge on any atom is -0.380 e. The quantitative estimate of drug-likeness (QED) is 0.435. The van der Waals surface area contributed by atoms with Gasteiger partial charge >= 0.3 is 5.69 Å². The minimum absolute atomic E-state index is 0.102. The first-order chi connectivity index (χ1) is 9.61. The summed E-state index contributed by atoms with van der Waals surface area (Å²) in [5, 5.41) is 16.8. The van der Waals surface area contributed by atoms with E-state index in [1.54, 1.807) is 12.1 Å². The van der Waals surface area contributed by atoms with Crippen LogP contribution in [0.15, 0.2) is 18.2 Å². The van der Waals surface area contributed by atoms with Crippen molar-refractivity contribution in [3.8, 4) is 0 Å². The Hall–Kier alpha value is -2.11. The van der Waals surface area contributed by atoms with Crippen molar-refractivity contribution in [3.63, 3.8) is 0 Å². The zero-order valence-electron chi connectivity index (χ0n) is 11.9. The molecule has 0 saturated carbocycles. The van der Waals surface area contributed by atoms with Crippen molar-refractivity contribution < 1.29 is 9.72 Å². The number of anilines is 1. The van der Waals surface area contributed by atoms with Gasteiger partial charge in [0.2, 0.25) is 0 Å². The Morgan fingerprint density at radius 2 is 2.05 bits per heavy atom. The fraction of sp³-hybridized carbons (Fsp3) is 0.500. The van der Waals surface area contributed by atoms with Crippen molar-refractivity contribution >= 4 is 17.3 Å². The molecule has 1 aromatic carbocycles. The highest BCUT2D eigenvalue weighted by Gasteiger charge is 2.23. The molecule has 0 aromatic heterocycles. The molecule has 0 saturated heterocycles. The van der Waals surface area contributed by atoms with Crippen LogP contribution in [0.5, 0.6) is 0 Å². The molecule has 0 unspecified atom stereocenters. The fourth-order valence-corrected chi connectivity index (χ4v) is 1.93. The van der Waals surface area contributed by atoms with Gasteiger partial charge in [-0.1, -0.05) is 25.8 Å². The summed E-state index contributed by atoms with van der Waals surface area (Å²) in [6, 6.07) is 4.73. The zero-order chi connectivity index (χ0) is 15.0. The predicted molar refractivity (Wildman–Crippen MR) is 79.1 cm³/mol. The number of carbonyl (C=O) groups is 1. The van der Waals surface area contributed by atoms with Gasteiger partial charge in [-0.3, -0.25) is 14.9 Å². The molecular weight excluding hydrogens is 258 g/mol. The summed E-state index contributed by atoms with van der Waals surface area (Å²) < 4.78 is 0. The summed E-state index contributed by atoms with van der Waals surface area (Å²) in [5.74, 6) is -0.396. The monoisotopic (exact) mass is 279 g/mol. The van der Waals surface area contributed by atoms with Crippen molar-refractivity contribution in [2.45, 2.75) is 33.1 Å². The molecule has 0 bridgehead atoms. The van der Waals surface area contributed by atoms with E-state index in [1.165, 1.54) is 6.07 Å². The molecule has 0 atom stereocenters. The second-order valence-electron chi connectivity index (χ2n) is 4.45. The van der Waals surface area contributed by atoms with E-state index in [2.05, 4.69) is 17.6 Å². The van der Waals surface area contributed by atoms with Gasteiger partial charge in [0.15, 0.2) is 0 Å². The number of hydrogen-bond donors (Lipinski definition) is 2. The van der Waals surface area contributed by atoms with E-state index < -0.39 is 10.8 Å². The molecule has 0 aliphatic carbocycles. The molecular formula is C14H21N3O3. The van der Waals surface area contributed by atoms with Gasteiger partial charge in [-0.15, -0.1) is 0 Å². The lowest BCUT2D eigenvalue weighted by Crippen LogP contribution is -2.25. The number of benzene rings is 1. The molecule has 20 heavy (non-hydrogen) atoms. The third kappa shape index (κ3) is 4.22. The molecule has 110 valence electrons. The molecule has 1 amide bonds. The Morgan fingerprint density at radius 1 is 1.30 bits per heavy atom. The Bertz CT molecular complexity index is 475. The lowest BCUT2D eigenvalue weighted by atomic mass is 10.1. The number of nitro benzene ring substituents is 1. The molecule has 0 fully saturated rings. The number of rotatable bonds is 8. The van der Waals surface area contributed by atoms with Gasteiger partial charge in [-0.25, -0.2) is 0 Å². The van der Waals surface area contributed by atoms with Crippen LogP contribution in [-0.4, -0.2) is 23.9 Å². The highest BCUT2D eigenvalue weighted by atomic mass is 16.6. The zero-order valence-corrected chi connectivity index (χ0v) is 11.9. The number of para-hydroxylation sites is 1. The summed E-state index contributed by atoms with van der Waals surface area (Å²) in [7, 11) is 0. The fourth-order valence-electron chi connectivity index (χ4n) is 1.93. The number of nitrogens with one attached hydrogen (secondary N) is 2. The summed E-state index contributed by atoms with van der Waals surface area (Å²) in [6.45, 7) is 5.02. The largest absolute Gasteiger partial charge is 0.380 e. The van der Waals surface area contributed by atoms with E-state index in [9.17, 15) is 14.9 Å². The van der Waals surface area contributed by atoms with E-state index in [0.29, 0.717) is 18.8 Å². The van der Waals surface area contributed by atoms with Gasteiger partial charge in [0.1, 0.15) is 11.3 Å². The molecule has 0 radical (unpaired) electrons. The van der Waals surface area contributed by atoms with Crippen LogP contribution in [0.1, 0.15) is 43.5 Å². The Labute approximate surface area is 118 Å². The van der Waals surface area contributed by atoms with Crippen LogP contribution in [0.2, 0.25) is 0 Å². The smallest absolute Gasteiger partial charge is 0.305 e. The molecule has 0 heterocycles. The molecule has 1 rings (SSSR count). The molecule has 2 N–H and O–H groups in total. The lowest BCUT2D eigenvalue weighted by molar-refractivity contribution is -0.384. The summed E-state index contributed by atoms with van der Waals surface area (Å²) in [6.07, 6.45) is 2.97. The van der Waals surface area contributed by atoms with E-state index in [1.807, 2.05) is 6.92 Å². The number of hydrogen-bond acceptors (Lipinski definition) is 4. The summed E-state index contributed by atoms with van der Waals surface area (Å²) >= 11 is 0. The second-order valence-corrected chi connectivity index (χ2v) is 4.45. The molecule has 1 aromatic rings. The van der Waals surface area contributed by atoms with Gasteiger partial charge in [0.05, 0.1) is 4.92 Å². The maximum absolute atomic E-state index is 12.0. The maximum atomic E-state index is 12.0. The molecule has 0 spiro atoms. The van der Waals surface area contributed by atoms with Crippen LogP contribution in [0.25, 0.3) is 0 Å². The lowest BCUT2D eigenvalue weighted by Gasteiger charge is -2.09. The molecule has 0 aliphatic rings. The molecule has 6 heteroatoms. The van der Waals surface area contributed by atoms with E-state index in [-0.39, 0.29) is 11.3 Å². The highest BCUT2D eigenvalue weighted by molar-refractivity contribution is 6.00. The first-order valence-corrected chi connectivity index (χ1v) is 6.91. The summed E-state index contributed by atoms with van der Waals surface area (Å²) in [5.41, 5.74) is 0.311. The standard InChI is InChI=1S/C14H21N3O3/c1-3-5-6-10-16-14(18)11-8-7-9-12(15-4-2)13(11)17(19)20/h7-9,15H,3-6,10H2,1-2H3,(H,16,18). The third-order valence-corrected chi connectivity index (χ3v) is 2.90. The SMILES string of the molecule is CCCCCNC(=O)c1cccc(NCC)c1[N+](=O)[O-]. The number of unbranched alkanes of at least 4 members (excludes halogenated alkanes) is 2. The van der Waals surface area contributed by atoms with Crippen LogP contribution in [0.3, 0.4) is 0 Å². The van der Waals surface area contributed by atoms with Crippen molar-refractivity contribution in [2.75, 3.05) is 18.4 Å². The molecule has 0 aliphatic heterocycles. The average Bonchev–Trinajstić information content (AvgIpc) is 2.43. The number of nitro groups is 1. The number of nitrogens with zero attached hydrogens (tertiary/aromatic N) is 1. The van der Waals surface area contributed by atoms with Gasteiger partial charge in [-0.05, 0) is 25.5 Å². The molecule has 6 nitrogen and oxygen atoms in total. The van der Waals surface area contributed by atoms with E-state index in [4.69, 9.17) is 0 Å². The van der Waals surface area contributed by atoms with Gasteiger partial charge in [0.25, 0.3) is 5.91 Å². The topological polar surface area (TPSA) is 84.3 Å². The van der Waals surface area contributed by atoms with Crippen LogP contribution in [0, 0.1) is 10.1 Å². The average molecular weight is 279 g/mol. The van der Waals surface area contributed by atoms with Crippen molar-refractivity contribution in [3.05, 3.63) is 33.9 Å². The van der Waals surface area contributed by atoms with Gasteiger partial charge in [-0.2, -0.15) is 0 Å². The van der Waals surface area contributed by atoms with Gasteiger partial charge < -0.3 is 10.6 Å².